The summed E-state index contributed by atoms with van der Waals surface area (Å²) >= 11 is 1.31. The minimum atomic E-state index is -0.308. The summed E-state index contributed by atoms with van der Waals surface area (Å²) in [6, 6.07) is 15.8. The fourth-order valence-corrected chi connectivity index (χ4v) is 2.89. The van der Waals surface area contributed by atoms with Crippen LogP contribution in [0, 0.1) is 5.82 Å². The number of para-hydroxylation sites is 1. The van der Waals surface area contributed by atoms with Crippen molar-refractivity contribution in [1.82, 2.24) is 14.8 Å². The van der Waals surface area contributed by atoms with Gasteiger partial charge in [0.05, 0.1) is 5.69 Å². The number of rotatable bonds is 4. The molecule has 0 bridgehead atoms. The summed E-state index contributed by atoms with van der Waals surface area (Å²) in [6.07, 6.45) is 0. The summed E-state index contributed by atoms with van der Waals surface area (Å²) < 4.78 is 15.1. The Balaban J connectivity index is 1.88. The predicted octanol–water partition coefficient (Wildman–Crippen LogP) is 2.99. The number of aromatic nitrogens is 3. The Morgan fingerprint density at radius 3 is 2.57 bits per heavy atom. The molecule has 0 amide bonds. The molecule has 0 unspecified atom stereocenters. The molecule has 6 heteroatoms. The topological polar surface area (TPSA) is 50.7 Å². The number of nitrogens with zero attached hydrogens (tertiary/aromatic N) is 2. The van der Waals surface area contributed by atoms with Gasteiger partial charge in [-0.1, -0.05) is 48.2 Å². The number of H-pyrrole nitrogens is 1. The normalized spacial score (nSPS) is 10.7. The van der Waals surface area contributed by atoms with Crippen LogP contribution in [0.5, 0.6) is 0 Å². The average molecular weight is 301 g/mol. The van der Waals surface area contributed by atoms with E-state index in [0.717, 1.165) is 5.69 Å². The fourth-order valence-electron chi connectivity index (χ4n) is 1.94. The highest BCUT2D eigenvalue weighted by Gasteiger charge is 2.11. The van der Waals surface area contributed by atoms with Crippen molar-refractivity contribution in [2.75, 3.05) is 0 Å². The Morgan fingerprint density at radius 1 is 1.10 bits per heavy atom. The van der Waals surface area contributed by atoms with Crippen molar-refractivity contribution in [1.29, 1.82) is 0 Å². The lowest BCUT2D eigenvalue weighted by molar-refractivity contribution is 0.617. The first-order chi connectivity index (χ1) is 10.3. The molecule has 0 fully saturated rings. The van der Waals surface area contributed by atoms with E-state index < -0.39 is 0 Å². The van der Waals surface area contributed by atoms with Gasteiger partial charge in [-0.3, -0.25) is 0 Å². The maximum atomic E-state index is 13.6. The number of hydrogen-bond donors (Lipinski definition) is 1. The molecule has 1 heterocycles. The fraction of sp³-hybridized carbons (Fsp3) is 0.0667. The van der Waals surface area contributed by atoms with Crippen LogP contribution in [0.1, 0.15) is 5.56 Å². The lowest BCUT2D eigenvalue weighted by Crippen LogP contribution is -2.15. The third kappa shape index (κ3) is 2.90. The summed E-state index contributed by atoms with van der Waals surface area (Å²) in [5.74, 6) is 0.151. The molecule has 0 radical (unpaired) electrons. The summed E-state index contributed by atoms with van der Waals surface area (Å²) in [5.41, 5.74) is 1.00. The highest BCUT2D eigenvalue weighted by Crippen LogP contribution is 2.23. The van der Waals surface area contributed by atoms with Crippen molar-refractivity contribution >= 4 is 11.8 Å². The maximum Gasteiger partial charge on any atom is 0.348 e. The van der Waals surface area contributed by atoms with Gasteiger partial charge in [-0.2, -0.15) is 0 Å². The van der Waals surface area contributed by atoms with E-state index in [1.54, 1.807) is 18.2 Å². The van der Waals surface area contributed by atoms with Crippen LogP contribution in [-0.4, -0.2) is 14.8 Å². The molecule has 0 spiro atoms. The van der Waals surface area contributed by atoms with E-state index in [-0.39, 0.29) is 11.5 Å². The third-order valence-corrected chi connectivity index (χ3v) is 3.96. The quantitative estimate of drug-likeness (QED) is 0.754. The van der Waals surface area contributed by atoms with E-state index in [9.17, 15) is 9.18 Å². The second-order valence-corrected chi connectivity index (χ2v) is 5.30. The highest BCUT2D eigenvalue weighted by atomic mass is 32.2. The van der Waals surface area contributed by atoms with E-state index in [0.29, 0.717) is 16.5 Å². The molecule has 1 aromatic heterocycles. The van der Waals surface area contributed by atoms with Gasteiger partial charge >= 0.3 is 5.69 Å². The van der Waals surface area contributed by atoms with Gasteiger partial charge in [-0.15, -0.1) is 5.10 Å². The zero-order valence-electron chi connectivity index (χ0n) is 11.0. The van der Waals surface area contributed by atoms with Crippen LogP contribution in [0.15, 0.2) is 64.5 Å². The molecule has 0 saturated heterocycles. The molecule has 0 saturated carbocycles. The van der Waals surface area contributed by atoms with Gasteiger partial charge in [-0.25, -0.2) is 18.9 Å². The Hall–Kier alpha value is -2.34. The lowest BCUT2D eigenvalue weighted by Gasteiger charge is -2.05. The van der Waals surface area contributed by atoms with Crippen LogP contribution in [0.2, 0.25) is 0 Å². The molecule has 4 nitrogen and oxygen atoms in total. The average Bonchev–Trinajstić information content (AvgIpc) is 2.88. The zero-order chi connectivity index (χ0) is 14.7. The van der Waals surface area contributed by atoms with Crippen molar-refractivity contribution in [3.05, 3.63) is 76.5 Å². The van der Waals surface area contributed by atoms with Gasteiger partial charge in [0, 0.05) is 5.75 Å². The number of halogens is 1. The van der Waals surface area contributed by atoms with Gasteiger partial charge in [0.1, 0.15) is 5.82 Å². The van der Waals surface area contributed by atoms with E-state index in [4.69, 9.17) is 0 Å². The summed E-state index contributed by atoms with van der Waals surface area (Å²) in [5, 5.41) is 6.94. The van der Waals surface area contributed by atoms with Gasteiger partial charge in [-0.05, 0) is 23.8 Å². The first-order valence-corrected chi connectivity index (χ1v) is 7.33. The Kier molecular flexibility index (Phi) is 3.87. The van der Waals surface area contributed by atoms with Crippen molar-refractivity contribution in [3.8, 4) is 5.69 Å². The second kappa shape index (κ2) is 5.97. The van der Waals surface area contributed by atoms with Crippen molar-refractivity contribution in [2.45, 2.75) is 10.9 Å². The molecule has 21 heavy (non-hydrogen) atoms. The molecule has 2 aromatic carbocycles. The third-order valence-electron chi connectivity index (χ3n) is 2.97. The molecule has 3 aromatic rings. The van der Waals surface area contributed by atoms with E-state index >= 15 is 0 Å². The number of benzene rings is 2. The van der Waals surface area contributed by atoms with Crippen molar-refractivity contribution < 1.29 is 4.39 Å². The van der Waals surface area contributed by atoms with Crippen LogP contribution in [0.4, 0.5) is 4.39 Å². The smallest absolute Gasteiger partial charge is 0.246 e. The molecule has 0 aliphatic carbocycles. The van der Waals surface area contributed by atoms with Crippen LogP contribution in [0.3, 0.4) is 0 Å². The van der Waals surface area contributed by atoms with Gasteiger partial charge in [0.25, 0.3) is 0 Å². The van der Waals surface area contributed by atoms with Gasteiger partial charge in [0.15, 0.2) is 5.16 Å². The molecule has 0 aliphatic heterocycles. The van der Waals surface area contributed by atoms with E-state index in [2.05, 4.69) is 10.2 Å². The first kappa shape index (κ1) is 13.6. The minimum Gasteiger partial charge on any atom is -0.246 e. The van der Waals surface area contributed by atoms with Crippen LogP contribution in [0.25, 0.3) is 5.69 Å². The number of thioether (sulfide) groups is 1. The molecule has 0 atom stereocenters. The molecule has 0 aliphatic rings. The van der Waals surface area contributed by atoms with Crippen LogP contribution < -0.4 is 5.69 Å². The van der Waals surface area contributed by atoms with E-state index in [1.807, 2.05) is 30.3 Å². The van der Waals surface area contributed by atoms with Crippen molar-refractivity contribution in [2.24, 2.45) is 0 Å². The van der Waals surface area contributed by atoms with Crippen LogP contribution >= 0.6 is 11.8 Å². The summed E-state index contributed by atoms with van der Waals surface area (Å²) in [6.45, 7) is 0. The number of aromatic amines is 1. The summed E-state index contributed by atoms with van der Waals surface area (Å²) in [7, 11) is 0. The zero-order valence-corrected chi connectivity index (χ0v) is 11.8. The largest absolute Gasteiger partial charge is 0.348 e. The first-order valence-electron chi connectivity index (χ1n) is 6.35. The van der Waals surface area contributed by atoms with E-state index in [1.165, 1.54) is 22.4 Å². The monoisotopic (exact) mass is 301 g/mol. The number of hydrogen-bond acceptors (Lipinski definition) is 3. The Labute approximate surface area is 124 Å². The predicted molar refractivity (Wildman–Crippen MR) is 80.1 cm³/mol. The maximum absolute atomic E-state index is 13.6. The standard InChI is InChI=1S/C15H12FN3OS/c16-13-9-5-4-6-11(13)10-21-15-18-17-14(20)19(15)12-7-2-1-3-8-12/h1-9H,10H2,(H,17,20). The second-order valence-electron chi connectivity index (χ2n) is 4.36. The van der Waals surface area contributed by atoms with Crippen molar-refractivity contribution in [3.63, 3.8) is 0 Å². The van der Waals surface area contributed by atoms with Gasteiger partial charge < -0.3 is 0 Å². The molecule has 1 N–H and O–H groups in total. The highest BCUT2D eigenvalue weighted by molar-refractivity contribution is 7.98. The Bertz CT molecular complexity index is 798. The van der Waals surface area contributed by atoms with Crippen LogP contribution in [-0.2, 0) is 5.75 Å². The van der Waals surface area contributed by atoms with Gasteiger partial charge in [0.2, 0.25) is 0 Å². The lowest BCUT2D eigenvalue weighted by atomic mass is 10.2. The SMILES string of the molecule is O=c1[nH]nc(SCc2ccccc2F)n1-c1ccccc1. The molecule has 3 rings (SSSR count). The summed E-state index contributed by atoms with van der Waals surface area (Å²) in [4.78, 5) is 11.9. The molecule has 106 valence electrons. The minimum absolute atomic E-state index is 0.255. The Morgan fingerprint density at radius 2 is 1.81 bits per heavy atom. The molecular weight excluding hydrogens is 289 g/mol. The molecular formula is C15H12FN3OS. The number of nitrogens with one attached hydrogen (secondary N) is 1.